The molecule has 3 heterocycles. The molecule has 9 nitrogen and oxygen atoms in total. The van der Waals surface area contributed by atoms with Gasteiger partial charge in [0, 0.05) is 44.1 Å². The van der Waals surface area contributed by atoms with E-state index in [0.717, 1.165) is 19.5 Å². The minimum absolute atomic E-state index is 0.122. The summed E-state index contributed by atoms with van der Waals surface area (Å²) in [6.07, 6.45) is 3.50. The number of fused-ring (bicyclic) bond motifs is 2. The third kappa shape index (κ3) is 5.67. The third-order valence-electron chi connectivity index (χ3n) is 6.39. The molecule has 1 aliphatic rings. The predicted octanol–water partition coefficient (Wildman–Crippen LogP) is 2.61. The number of amides is 2. The number of carbonyl (C=O) groups is 2. The number of aliphatic hydroxyl groups excluding tert-OH is 1. The smallest absolute Gasteiger partial charge is 0.271 e. The summed E-state index contributed by atoms with van der Waals surface area (Å²) in [5.41, 5.74) is 4.84. The second kappa shape index (κ2) is 10.6. The number of aliphatic hydroxyl groups is 1. The summed E-state index contributed by atoms with van der Waals surface area (Å²) in [5, 5.41) is 25.0. The molecule has 0 saturated heterocycles. The van der Waals surface area contributed by atoms with Crippen LogP contribution in [0, 0.1) is 11.3 Å². The van der Waals surface area contributed by atoms with E-state index in [1.54, 1.807) is 53.2 Å². The Hall–Kier alpha value is -4.52. The van der Waals surface area contributed by atoms with Gasteiger partial charge in [0.15, 0.2) is 0 Å². The van der Waals surface area contributed by atoms with Crippen molar-refractivity contribution in [1.82, 2.24) is 19.6 Å². The maximum absolute atomic E-state index is 12.7. The quantitative estimate of drug-likeness (QED) is 0.363. The first-order valence-electron chi connectivity index (χ1n) is 12.0. The lowest BCUT2D eigenvalue weighted by Gasteiger charge is -2.30. The minimum Gasteiger partial charge on any atom is -0.390 e. The fraction of sp³-hybridized carbons (Fsp3) is 0.214. The van der Waals surface area contributed by atoms with E-state index in [1.165, 1.54) is 11.1 Å². The van der Waals surface area contributed by atoms with Crippen LogP contribution in [0.25, 0.3) is 5.65 Å². The Morgan fingerprint density at radius 1 is 1.03 bits per heavy atom. The Balaban J connectivity index is 1.16. The Kier molecular flexibility index (Phi) is 6.94. The summed E-state index contributed by atoms with van der Waals surface area (Å²) < 4.78 is 1.66. The molecule has 1 aliphatic heterocycles. The number of nitrogens with one attached hydrogen (secondary N) is 2. The van der Waals surface area contributed by atoms with Crippen molar-refractivity contribution in [3.05, 3.63) is 101 Å². The van der Waals surface area contributed by atoms with Gasteiger partial charge in [-0.25, -0.2) is 4.98 Å². The standard InChI is InChI=1S/C28H26N6O3/c29-13-19-5-7-21(8-6-19)27(36)31-23-9-10-26-32-25(18-34(26)16-23)28(37)30-14-24(35)17-33-12-11-20-3-1-2-4-22(20)15-33/h1-10,16,18,24,35H,11-12,14-15,17H2,(H,30,37)(H,31,36). The number of hydrogen-bond acceptors (Lipinski definition) is 6. The number of anilines is 1. The molecule has 37 heavy (non-hydrogen) atoms. The SMILES string of the molecule is N#Cc1ccc(C(=O)Nc2ccc3nc(C(=O)NCC(O)CN4CCc5ccccc5C4)cn3c2)cc1. The Morgan fingerprint density at radius 3 is 2.59 bits per heavy atom. The summed E-state index contributed by atoms with van der Waals surface area (Å²) in [4.78, 5) is 31.7. The van der Waals surface area contributed by atoms with Crippen molar-refractivity contribution < 1.29 is 14.7 Å². The van der Waals surface area contributed by atoms with Gasteiger partial charge in [0.2, 0.25) is 0 Å². The van der Waals surface area contributed by atoms with Gasteiger partial charge in [0.1, 0.15) is 11.3 Å². The molecule has 4 aromatic rings. The first kappa shape index (κ1) is 24.2. The van der Waals surface area contributed by atoms with Crippen molar-refractivity contribution in [2.45, 2.75) is 19.1 Å². The highest BCUT2D eigenvalue weighted by Gasteiger charge is 2.19. The van der Waals surface area contributed by atoms with Crippen LogP contribution in [0.1, 0.15) is 37.5 Å². The maximum atomic E-state index is 12.7. The topological polar surface area (TPSA) is 123 Å². The highest BCUT2D eigenvalue weighted by atomic mass is 16.3. The molecule has 0 fully saturated rings. The van der Waals surface area contributed by atoms with E-state index in [9.17, 15) is 14.7 Å². The van der Waals surface area contributed by atoms with Gasteiger partial charge in [-0.1, -0.05) is 24.3 Å². The van der Waals surface area contributed by atoms with Crippen LogP contribution in [0.15, 0.2) is 73.1 Å². The number of benzene rings is 2. The van der Waals surface area contributed by atoms with Gasteiger partial charge < -0.3 is 20.1 Å². The molecule has 0 saturated carbocycles. The molecule has 9 heteroatoms. The van der Waals surface area contributed by atoms with Crippen LogP contribution in [0.5, 0.6) is 0 Å². The molecule has 186 valence electrons. The van der Waals surface area contributed by atoms with E-state index in [-0.39, 0.29) is 24.1 Å². The lowest BCUT2D eigenvalue weighted by atomic mass is 10.00. The lowest BCUT2D eigenvalue weighted by molar-refractivity contribution is 0.0838. The number of aromatic nitrogens is 2. The number of hydrogen-bond donors (Lipinski definition) is 3. The van der Waals surface area contributed by atoms with E-state index in [1.807, 2.05) is 18.2 Å². The van der Waals surface area contributed by atoms with Gasteiger partial charge in [0.25, 0.3) is 11.8 Å². The van der Waals surface area contributed by atoms with E-state index in [0.29, 0.717) is 29.0 Å². The van der Waals surface area contributed by atoms with Gasteiger partial charge in [0.05, 0.1) is 23.4 Å². The van der Waals surface area contributed by atoms with Crippen LogP contribution < -0.4 is 10.6 Å². The zero-order valence-electron chi connectivity index (χ0n) is 20.1. The second-order valence-corrected chi connectivity index (χ2v) is 9.07. The molecule has 0 spiro atoms. The average Bonchev–Trinajstić information content (AvgIpc) is 3.35. The van der Waals surface area contributed by atoms with E-state index in [2.05, 4.69) is 32.7 Å². The highest BCUT2D eigenvalue weighted by molar-refractivity contribution is 6.04. The molecule has 0 bridgehead atoms. The normalized spacial score (nSPS) is 13.9. The Labute approximate surface area is 214 Å². The fourth-order valence-electron chi connectivity index (χ4n) is 4.45. The second-order valence-electron chi connectivity index (χ2n) is 9.07. The van der Waals surface area contributed by atoms with Gasteiger partial charge in [-0.05, 0) is 53.9 Å². The summed E-state index contributed by atoms with van der Waals surface area (Å²) in [7, 11) is 0. The molecule has 5 rings (SSSR count). The number of nitrogens with zero attached hydrogens (tertiary/aromatic N) is 4. The van der Waals surface area contributed by atoms with E-state index in [4.69, 9.17) is 5.26 Å². The molecule has 2 aromatic heterocycles. The summed E-state index contributed by atoms with van der Waals surface area (Å²) in [6.45, 7) is 2.26. The van der Waals surface area contributed by atoms with Crippen molar-refractivity contribution in [3.63, 3.8) is 0 Å². The van der Waals surface area contributed by atoms with Crippen LogP contribution >= 0.6 is 0 Å². The average molecular weight is 495 g/mol. The molecular formula is C28H26N6O3. The highest BCUT2D eigenvalue weighted by Crippen LogP contribution is 2.18. The lowest BCUT2D eigenvalue weighted by Crippen LogP contribution is -2.42. The Bertz CT molecular complexity index is 1490. The monoisotopic (exact) mass is 494 g/mol. The largest absolute Gasteiger partial charge is 0.390 e. The Morgan fingerprint density at radius 2 is 1.81 bits per heavy atom. The first-order chi connectivity index (χ1) is 18.0. The van der Waals surface area contributed by atoms with Crippen LogP contribution in [-0.4, -0.2) is 56.9 Å². The molecule has 0 radical (unpaired) electrons. The molecule has 1 unspecified atom stereocenters. The summed E-state index contributed by atoms with van der Waals surface area (Å²) in [6, 6.07) is 20.1. The van der Waals surface area contributed by atoms with Gasteiger partial charge in [-0.3, -0.25) is 14.5 Å². The molecule has 3 N–H and O–H groups in total. The van der Waals surface area contributed by atoms with Crippen molar-refractivity contribution in [3.8, 4) is 6.07 Å². The summed E-state index contributed by atoms with van der Waals surface area (Å²) >= 11 is 0. The van der Waals surface area contributed by atoms with Crippen LogP contribution in [0.4, 0.5) is 5.69 Å². The zero-order chi connectivity index (χ0) is 25.8. The molecule has 2 aromatic carbocycles. The number of carbonyl (C=O) groups excluding carboxylic acids is 2. The fourth-order valence-corrected chi connectivity index (χ4v) is 4.45. The van der Waals surface area contributed by atoms with Gasteiger partial charge in [-0.15, -0.1) is 0 Å². The number of rotatable bonds is 7. The third-order valence-corrected chi connectivity index (χ3v) is 6.39. The number of imidazole rings is 1. The summed E-state index contributed by atoms with van der Waals surface area (Å²) in [5.74, 6) is -0.692. The van der Waals surface area contributed by atoms with Gasteiger partial charge in [-0.2, -0.15) is 5.26 Å². The van der Waals surface area contributed by atoms with Crippen LogP contribution in [0.2, 0.25) is 0 Å². The molecular weight excluding hydrogens is 468 g/mol. The van der Waals surface area contributed by atoms with E-state index < -0.39 is 6.10 Å². The number of β-amino-alcohol motifs (C(OH)–C–C–N with tert-alkyl or cyclic N) is 1. The van der Waals surface area contributed by atoms with Crippen molar-refractivity contribution in [2.75, 3.05) is 25.0 Å². The number of nitriles is 1. The molecule has 2 amide bonds. The zero-order valence-corrected chi connectivity index (χ0v) is 20.1. The maximum Gasteiger partial charge on any atom is 0.271 e. The number of pyridine rings is 1. The minimum atomic E-state index is -0.699. The molecule has 0 aliphatic carbocycles. The molecule has 1 atom stereocenters. The van der Waals surface area contributed by atoms with Crippen molar-refractivity contribution in [2.24, 2.45) is 0 Å². The van der Waals surface area contributed by atoms with Crippen molar-refractivity contribution >= 4 is 23.1 Å². The van der Waals surface area contributed by atoms with Gasteiger partial charge >= 0.3 is 0 Å². The van der Waals surface area contributed by atoms with E-state index >= 15 is 0 Å². The van der Waals surface area contributed by atoms with Crippen LogP contribution in [0.3, 0.4) is 0 Å². The van der Waals surface area contributed by atoms with Crippen LogP contribution in [-0.2, 0) is 13.0 Å². The first-order valence-corrected chi connectivity index (χ1v) is 12.0. The van der Waals surface area contributed by atoms with Crippen molar-refractivity contribution in [1.29, 1.82) is 5.26 Å². The predicted molar refractivity (Wildman–Crippen MR) is 138 cm³/mol.